The Bertz CT molecular complexity index is 158. The maximum atomic E-state index is 9.16. The highest BCUT2D eigenvalue weighted by molar-refractivity contribution is 6.83. The van der Waals surface area contributed by atoms with Crippen LogP contribution in [0.3, 0.4) is 0 Å². The van der Waals surface area contributed by atoms with Crippen molar-refractivity contribution >= 4 is 26.6 Å². The molecule has 0 fully saturated rings. The van der Waals surface area contributed by atoms with E-state index in [1.165, 1.54) is 0 Å². The summed E-state index contributed by atoms with van der Waals surface area (Å²) in [5.41, 5.74) is 0. The topological polar surface area (TPSA) is 58.9 Å². The number of aliphatic hydroxyl groups is 2. The molecule has 0 bridgehead atoms. The third-order valence-corrected chi connectivity index (χ3v) is 8.73. The molecule has 0 heterocycles. The van der Waals surface area contributed by atoms with E-state index in [1.807, 2.05) is 26.2 Å². The molecule has 0 saturated carbocycles. The molecule has 1 unspecified atom stereocenters. The number of hydrogen-bond donors (Lipinski definition) is 2. The summed E-state index contributed by atoms with van der Waals surface area (Å²) >= 11 is 0. The molecule has 13 heavy (non-hydrogen) atoms. The first kappa shape index (κ1) is 13.5. The number of rotatable bonds is 5. The van der Waals surface area contributed by atoms with Crippen molar-refractivity contribution in [3.05, 3.63) is 0 Å². The maximum Gasteiger partial charge on any atom is 0.371 e. The summed E-state index contributed by atoms with van der Waals surface area (Å²) in [5.74, 6) is -1.47. The highest BCUT2D eigenvalue weighted by Crippen LogP contribution is 2.17. The average molecular weight is 238 g/mol. The van der Waals surface area contributed by atoms with E-state index in [0.717, 1.165) is 0 Å². The lowest BCUT2D eigenvalue weighted by molar-refractivity contribution is -0.00336. The molecule has 0 aromatic heterocycles. The minimum absolute atomic E-state index is 0.227. The van der Waals surface area contributed by atoms with Crippen molar-refractivity contribution in [2.24, 2.45) is 0 Å². The Balaban J connectivity index is 4.42. The van der Waals surface area contributed by atoms with E-state index in [2.05, 4.69) is 0 Å². The first-order valence-electron chi connectivity index (χ1n) is 4.12. The fourth-order valence-electron chi connectivity index (χ4n) is 0.937. The van der Waals surface area contributed by atoms with Crippen molar-refractivity contribution in [1.29, 1.82) is 0 Å². The number of aliphatic hydroxyl groups excluding tert-OH is 1. The van der Waals surface area contributed by atoms with Gasteiger partial charge in [-0.3, -0.25) is 0 Å². The van der Waals surface area contributed by atoms with E-state index < -0.39 is 22.8 Å². The van der Waals surface area contributed by atoms with Gasteiger partial charge in [0.05, 0.1) is 0 Å². The van der Waals surface area contributed by atoms with Crippen LogP contribution in [0.5, 0.6) is 0 Å². The van der Waals surface area contributed by atoms with Gasteiger partial charge in [-0.1, -0.05) is 0 Å². The normalized spacial score (nSPS) is 17.5. The first-order chi connectivity index (χ1) is 5.71. The molecule has 0 saturated heterocycles. The monoisotopic (exact) mass is 238 g/mol. The summed E-state index contributed by atoms with van der Waals surface area (Å²) in [6, 6.07) is 0. The van der Waals surface area contributed by atoms with Crippen molar-refractivity contribution in [2.75, 3.05) is 0 Å². The lowest BCUT2D eigenvalue weighted by Crippen LogP contribution is -2.56. The lowest BCUT2D eigenvalue weighted by Gasteiger charge is -2.34. The van der Waals surface area contributed by atoms with Crippen molar-refractivity contribution in [3.8, 4) is 0 Å². The van der Waals surface area contributed by atoms with E-state index >= 15 is 0 Å². The van der Waals surface area contributed by atoms with Crippen LogP contribution in [0, 0.1) is 0 Å². The summed E-state index contributed by atoms with van der Waals surface area (Å²) in [6.45, 7) is 9.54. The van der Waals surface area contributed by atoms with E-state index in [1.54, 1.807) is 6.55 Å². The van der Waals surface area contributed by atoms with Crippen LogP contribution in [0.15, 0.2) is 0 Å². The Morgan fingerprint density at radius 1 is 1.15 bits per heavy atom. The molecule has 78 valence electrons. The number of hydrogen-bond acceptors (Lipinski definition) is 4. The van der Waals surface area contributed by atoms with E-state index in [0.29, 0.717) is 0 Å². The minimum Gasteiger partial charge on any atom is -0.434 e. The van der Waals surface area contributed by atoms with Gasteiger partial charge in [0.1, 0.15) is 0 Å². The molecule has 0 amide bonds. The second-order valence-corrected chi connectivity index (χ2v) is 12.7. The Hall–Kier alpha value is 0.491. The third-order valence-electron chi connectivity index (χ3n) is 1.28. The summed E-state index contributed by atoms with van der Waals surface area (Å²) in [7, 11) is -4.32. The molecule has 0 aromatic rings. The molecule has 0 rings (SSSR count). The minimum atomic E-state index is -2.78. The van der Waals surface area contributed by atoms with Gasteiger partial charge < -0.3 is 18.4 Å². The van der Waals surface area contributed by atoms with Gasteiger partial charge in [-0.2, -0.15) is 0 Å². The Morgan fingerprint density at radius 2 is 1.62 bits per heavy atom. The van der Waals surface area contributed by atoms with Crippen molar-refractivity contribution in [3.63, 3.8) is 0 Å². The van der Waals surface area contributed by atoms with Gasteiger partial charge in [-0.15, -0.1) is 0 Å². The highest BCUT2D eigenvalue weighted by atomic mass is 28.5. The summed E-state index contributed by atoms with van der Waals surface area (Å²) in [6.07, 6.45) is 0. The van der Waals surface area contributed by atoms with Crippen LogP contribution >= 0.6 is 0 Å². The zero-order chi connectivity index (χ0) is 10.7. The average Bonchev–Trinajstić information content (AvgIpc) is 1.82. The van der Waals surface area contributed by atoms with Crippen LogP contribution in [0.4, 0.5) is 0 Å². The zero-order valence-electron chi connectivity index (χ0n) is 8.79. The quantitative estimate of drug-likeness (QED) is 0.539. The third kappa shape index (κ3) is 5.05. The van der Waals surface area contributed by atoms with Crippen LogP contribution < -0.4 is 0 Å². The second kappa shape index (κ2) is 4.82. The summed E-state index contributed by atoms with van der Waals surface area (Å²) in [5, 5.41) is 18.3. The largest absolute Gasteiger partial charge is 0.434 e. The Kier molecular flexibility index (Phi) is 5.01. The first-order valence-corrected chi connectivity index (χ1v) is 11.3. The second-order valence-electron chi connectivity index (χ2n) is 3.91. The van der Waals surface area contributed by atoms with Crippen LogP contribution in [0.2, 0.25) is 32.7 Å². The molecule has 0 aliphatic rings. The molecule has 2 N–H and O–H groups in total. The smallest absolute Gasteiger partial charge is 0.371 e. The van der Waals surface area contributed by atoms with Gasteiger partial charge in [-0.25, -0.2) is 0 Å². The molecular formula is C6H18O4Si3. The Labute approximate surface area is 84.2 Å². The fourth-order valence-corrected chi connectivity index (χ4v) is 8.81. The zero-order valence-corrected chi connectivity index (χ0v) is 11.8. The van der Waals surface area contributed by atoms with Crippen molar-refractivity contribution in [1.82, 2.24) is 0 Å². The summed E-state index contributed by atoms with van der Waals surface area (Å²) in [4.78, 5) is 0. The van der Waals surface area contributed by atoms with Gasteiger partial charge in [0, 0.05) is 0 Å². The van der Waals surface area contributed by atoms with E-state index in [-0.39, 0.29) is 9.76 Å². The molecule has 0 aromatic carbocycles. The van der Waals surface area contributed by atoms with E-state index in [9.17, 15) is 0 Å². The van der Waals surface area contributed by atoms with Gasteiger partial charge >= 0.3 is 8.56 Å². The predicted octanol–water partition coefficient (Wildman–Crippen LogP) is 0.444. The van der Waals surface area contributed by atoms with Gasteiger partial charge in [0.15, 0.2) is 14.2 Å². The molecule has 0 aliphatic carbocycles. The molecule has 2 radical (unpaired) electrons. The van der Waals surface area contributed by atoms with E-state index in [4.69, 9.17) is 18.4 Å². The highest BCUT2D eigenvalue weighted by Gasteiger charge is 2.42. The molecular weight excluding hydrogens is 220 g/mol. The molecule has 7 heteroatoms. The van der Waals surface area contributed by atoms with Gasteiger partial charge in [-0.05, 0) is 32.7 Å². The predicted molar refractivity (Wildman–Crippen MR) is 57.0 cm³/mol. The van der Waals surface area contributed by atoms with Crippen LogP contribution in [-0.2, 0) is 8.23 Å². The van der Waals surface area contributed by atoms with Crippen LogP contribution in [0.25, 0.3) is 0 Å². The fraction of sp³-hybridized carbons (Fsp3) is 1.00. The Morgan fingerprint density at radius 3 is 1.85 bits per heavy atom. The summed E-state index contributed by atoms with van der Waals surface area (Å²) < 4.78 is 11.0. The molecule has 1 atom stereocenters. The van der Waals surface area contributed by atoms with Gasteiger partial charge in [0.25, 0.3) is 0 Å². The van der Waals surface area contributed by atoms with Gasteiger partial charge in [0.2, 0.25) is 9.76 Å². The maximum absolute atomic E-state index is 9.16. The van der Waals surface area contributed by atoms with Crippen LogP contribution in [0.1, 0.15) is 0 Å². The van der Waals surface area contributed by atoms with Crippen LogP contribution in [-0.4, -0.2) is 42.8 Å². The van der Waals surface area contributed by atoms with Crippen molar-refractivity contribution in [2.45, 2.75) is 38.6 Å². The molecule has 0 aliphatic heterocycles. The molecule has 4 nitrogen and oxygen atoms in total. The molecule has 0 spiro atoms. The standard InChI is InChI=1S/C6H18O4Si3/c1-11-9-13(5,6(7)8)10-12(2,3)4/h6-8H,1-5H3. The lowest BCUT2D eigenvalue weighted by atomic mass is 11.5. The van der Waals surface area contributed by atoms with Crippen molar-refractivity contribution < 1.29 is 18.4 Å². The SMILES string of the molecule is C[Si]O[Si](C)(O[Si](C)(C)C)C(O)O.